The molecule has 0 spiro atoms. The highest BCUT2D eigenvalue weighted by Crippen LogP contribution is 2.20. The van der Waals surface area contributed by atoms with Gasteiger partial charge in [0.1, 0.15) is 0 Å². The normalized spacial score (nSPS) is 10.7. The third-order valence-electron chi connectivity index (χ3n) is 5.62. The molecular formula is C25H29N3O3. The Bertz CT molecular complexity index is 1080. The average molecular weight is 420 g/mol. The Kier molecular flexibility index (Phi) is 6.90. The largest absolute Gasteiger partial charge is 0.469 e. The van der Waals surface area contributed by atoms with Gasteiger partial charge >= 0.3 is 5.97 Å². The van der Waals surface area contributed by atoms with Gasteiger partial charge in [-0.1, -0.05) is 24.3 Å². The van der Waals surface area contributed by atoms with Crippen molar-refractivity contribution >= 4 is 11.9 Å². The molecule has 0 atom stereocenters. The maximum Gasteiger partial charge on any atom is 0.305 e. The number of carbonyl (C=O) groups is 2. The molecule has 6 nitrogen and oxygen atoms in total. The second-order valence-electron chi connectivity index (χ2n) is 7.77. The van der Waals surface area contributed by atoms with Gasteiger partial charge in [-0.15, -0.1) is 0 Å². The molecule has 3 aromatic rings. The third-order valence-corrected chi connectivity index (χ3v) is 5.62. The Hall–Kier alpha value is -3.41. The summed E-state index contributed by atoms with van der Waals surface area (Å²) in [5.74, 6) is -0.258. The minimum absolute atomic E-state index is 0.0260. The number of esters is 1. The van der Waals surface area contributed by atoms with E-state index in [1.807, 2.05) is 68.0 Å². The topological polar surface area (TPSA) is 64.4 Å². The Balaban J connectivity index is 1.75. The molecule has 0 saturated carbocycles. The number of hydrogen-bond donors (Lipinski definition) is 0. The number of ether oxygens (including phenoxy) is 1. The maximum absolute atomic E-state index is 12.9. The van der Waals surface area contributed by atoms with Crippen LogP contribution in [0, 0.1) is 20.8 Å². The number of carbonyl (C=O) groups excluding carboxylic acids is 2. The molecule has 0 bridgehead atoms. The molecule has 3 rings (SSSR count). The number of aryl methyl sites for hydroxylation is 2. The first-order valence-corrected chi connectivity index (χ1v) is 10.3. The van der Waals surface area contributed by atoms with Crippen molar-refractivity contribution in [2.45, 2.75) is 40.2 Å². The Labute approximate surface area is 183 Å². The van der Waals surface area contributed by atoms with E-state index in [-0.39, 0.29) is 11.9 Å². The van der Waals surface area contributed by atoms with Gasteiger partial charge in [-0.3, -0.25) is 9.59 Å². The van der Waals surface area contributed by atoms with Gasteiger partial charge in [-0.05, 0) is 68.1 Å². The van der Waals surface area contributed by atoms with Gasteiger partial charge in [0, 0.05) is 31.3 Å². The lowest BCUT2D eigenvalue weighted by molar-refractivity contribution is -0.140. The van der Waals surface area contributed by atoms with Gasteiger partial charge in [0.25, 0.3) is 5.91 Å². The smallest absolute Gasteiger partial charge is 0.305 e. The van der Waals surface area contributed by atoms with E-state index in [0.717, 1.165) is 28.2 Å². The van der Waals surface area contributed by atoms with Gasteiger partial charge in [-0.25, -0.2) is 4.68 Å². The lowest BCUT2D eigenvalue weighted by atomic mass is 10.1. The van der Waals surface area contributed by atoms with E-state index in [9.17, 15) is 9.59 Å². The summed E-state index contributed by atoms with van der Waals surface area (Å²) in [5.41, 5.74) is 6.73. The van der Waals surface area contributed by atoms with Crippen LogP contribution in [0.15, 0.2) is 48.5 Å². The highest BCUT2D eigenvalue weighted by Gasteiger charge is 2.16. The van der Waals surface area contributed by atoms with Crippen LogP contribution in [0.4, 0.5) is 0 Å². The molecular weight excluding hydrogens is 390 g/mol. The summed E-state index contributed by atoms with van der Waals surface area (Å²) in [5, 5.41) is 4.63. The first kappa shape index (κ1) is 22.3. The predicted molar refractivity (Wildman–Crippen MR) is 120 cm³/mol. The molecule has 1 amide bonds. The number of aromatic nitrogens is 2. The first-order chi connectivity index (χ1) is 14.8. The molecule has 0 fully saturated rings. The van der Waals surface area contributed by atoms with Crippen molar-refractivity contribution in [3.05, 3.63) is 82.2 Å². The minimum atomic E-state index is -0.232. The van der Waals surface area contributed by atoms with E-state index in [1.54, 1.807) is 4.90 Å². The SMILES string of the molecule is COC(=O)CCc1c(C)nn(-c2ccc(C(=O)N(C)Cc3ccccc3C)cc2)c1C. The molecule has 0 aliphatic carbocycles. The molecule has 0 aliphatic heterocycles. The molecule has 1 aromatic heterocycles. The van der Waals surface area contributed by atoms with Crippen LogP contribution in [0.5, 0.6) is 0 Å². The number of rotatable bonds is 7. The van der Waals surface area contributed by atoms with Gasteiger partial charge in [0.2, 0.25) is 0 Å². The van der Waals surface area contributed by atoms with Gasteiger partial charge in [0.05, 0.1) is 18.5 Å². The molecule has 162 valence electrons. The Morgan fingerprint density at radius 2 is 1.71 bits per heavy atom. The average Bonchev–Trinajstić information content (AvgIpc) is 3.06. The Morgan fingerprint density at radius 3 is 2.35 bits per heavy atom. The minimum Gasteiger partial charge on any atom is -0.469 e. The lowest BCUT2D eigenvalue weighted by Gasteiger charge is -2.19. The van der Waals surface area contributed by atoms with Gasteiger partial charge in [-0.2, -0.15) is 5.10 Å². The van der Waals surface area contributed by atoms with Crippen LogP contribution in [0.25, 0.3) is 5.69 Å². The van der Waals surface area contributed by atoms with Crippen molar-refractivity contribution in [1.29, 1.82) is 0 Å². The molecule has 0 N–H and O–H groups in total. The molecule has 0 unspecified atom stereocenters. The first-order valence-electron chi connectivity index (χ1n) is 10.3. The zero-order valence-electron chi connectivity index (χ0n) is 18.8. The quantitative estimate of drug-likeness (QED) is 0.539. The van der Waals surface area contributed by atoms with Crippen LogP contribution in [0.2, 0.25) is 0 Å². The molecule has 2 aromatic carbocycles. The van der Waals surface area contributed by atoms with Crippen LogP contribution < -0.4 is 0 Å². The number of amides is 1. The summed E-state index contributed by atoms with van der Waals surface area (Å²) < 4.78 is 6.59. The van der Waals surface area contributed by atoms with E-state index in [4.69, 9.17) is 4.74 Å². The summed E-state index contributed by atoms with van der Waals surface area (Å²) in [6.45, 7) is 6.54. The van der Waals surface area contributed by atoms with Crippen LogP contribution in [0.3, 0.4) is 0 Å². The van der Waals surface area contributed by atoms with E-state index in [0.29, 0.717) is 24.9 Å². The van der Waals surface area contributed by atoms with Crippen LogP contribution in [0.1, 0.15) is 44.9 Å². The summed E-state index contributed by atoms with van der Waals surface area (Å²) >= 11 is 0. The van der Waals surface area contributed by atoms with Gasteiger partial charge in [0.15, 0.2) is 0 Å². The fourth-order valence-corrected chi connectivity index (χ4v) is 3.70. The molecule has 31 heavy (non-hydrogen) atoms. The number of benzene rings is 2. The third kappa shape index (κ3) is 5.02. The van der Waals surface area contributed by atoms with Crippen molar-refractivity contribution in [1.82, 2.24) is 14.7 Å². The Morgan fingerprint density at radius 1 is 1.03 bits per heavy atom. The zero-order chi connectivity index (χ0) is 22.5. The van der Waals surface area contributed by atoms with E-state index in [2.05, 4.69) is 18.1 Å². The number of nitrogens with zero attached hydrogens (tertiary/aromatic N) is 3. The molecule has 0 saturated heterocycles. The lowest BCUT2D eigenvalue weighted by Crippen LogP contribution is -2.26. The summed E-state index contributed by atoms with van der Waals surface area (Å²) in [6.07, 6.45) is 0.912. The van der Waals surface area contributed by atoms with Crippen molar-refractivity contribution in [2.24, 2.45) is 0 Å². The zero-order valence-corrected chi connectivity index (χ0v) is 18.8. The highest BCUT2D eigenvalue weighted by atomic mass is 16.5. The maximum atomic E-state index is 12.9. The standard InChI is InChI=1S/C25H29N3O3/c1-17-8-6-7-9-21(17)16-27(4)25(30)20-10-12-22(13-11-20)28-19(3)23(18(2)26-28)14-15-24(29)31-5/h6-13H,14-16H2,1-5H3. The van der Waals surface area contributed by atoms with Gasteiger partial charge < -0.3 is 9.64 Å². The van der Waals surface area contributed by atoms with Crippen LogP contribution >= 0.6 is 0 Å². The van der Waals surface area contributed by atoms with Crippen molar-refractivity contribution in [2.75, 3.05) is 14.2 Å². The van der Waals surface area contributed by atoms with Crippen molar-refractivity contribution in [3.63, 3.8) is 0 Å². The summed E-state index contributed by atoms with van der Waals surface area (Å²) in [7, 11) is 3.21. The monoisotopic (exact) mass is 419 g/mol. The highest BCUT2D eigenvalue weighted by molar-refractivity contribution is 5.94. The number of hydrogen-bond acceptors (Lipinski definition) is 4. The second-order valence-corrected chi connectivity index (χ2v) is 7.77. The van der Waals surface area contributed by atoms with Crippen LogP contribution in [-0.4, -0.2) is 40.7 Å². The van der Waals surface area contributed by atoms with Crippen LogP contribution in [-0.2, 0) is 22.5 Å². The summed E-state index contributed by atoms with van der Waals surface area (Å²) in [4.78, 5) is 26.1. The fraction of sp³-hybridized carbons (Fsp3) is 0.320. The number of methoxy groups -OCH3 is 1. The van der Waals surface area contributed by atoms with E-state index < -0.39 is 0 Å². The van der Waals surface area contributed by atoms with E-state index >= 15 is 0 Å². The predicted octanol–water partition coefficient (Wildman–Crippen LogP) is 4.18. The molecule has 6 heteroatoms. The fourth-order valence-electron chi connectivity index (χ4n) is 3.70. The molecule has 0 radical (unpaired) electrons. The molecule has 0 aliphatic rings. The van der Waals surface area contributed by atoms with Crippen molar-refractivity contribution < 1.29 is 14.3 Å². The second kappa shape index (κ2) is 9.60. The molecule has 1 heterocycles. The van der Waals surface area contributed by atoms with Crippen molar-refractivity contribution in [3.8, 4) is 5.69 Å². The van der Waals surface area contributed by atoms with E-state index in [1.165, 1.54) is 12.7 Å². The summed E-state index contributed by atoms with van der Waals surface area (Å²) in [6, 6.07) is 15.5.